The number of benzene rings is 1. The summed E-state index contributed by atoms with van der Waals surface area (Å²) >= 11 is 8.21. The number of thioether (sulfide) groups is 1. The molecule has 1 aliphatic rings. The molecule has 1 fully saturated rings. The Labute approximate surface area is 101 Å². The lowest BCUT2D eigenvalue weighted by Crippen LogP contribution is -2.24. The van der Waals surface area contributed by atoms with Crippen molar-refractivity contribution in [3.05, 3.63) is 28.8 Å². The first kappa shape index (κ1) is 11.2. The maximum Gasteiger partial charge on any atom is 0.0640 e. The Kier molecular flexibility index (Phi) is 3.47. The van der Waals surface area contributed by atoms with Crippen LogP contribution in [0.25, 0.3) is 0 Å². The van der Waals surface area contributed by atoms with Crippen LogP contribution in [0, 0.1) is 6.92 Å². The highest BCUT2D eigenvalue weighted by molar-refractivity contribution is 8.00. The van der Waals surface area contributed by atoms with Crippen LogP contribution in [0.3, 0.4) is 0 Å². The first-order chi connectivity index (χ1) is 7.16. The number of anilines is 1. The molecule has 1 nitrogen and oxygen atoms in total. The lowest BCUT2D eigenvalue weighted by Gasteiger charge is -2.18. The van der Waals surface area contributed by atoms with Crippen LogP contribution in [-0.2, 0) is 0 Å². The van der Waals surface area contributed by atoms with Gasteiger partial charge in [-0.1, -0.05) is 24.6 Å². The van der Waals surface area contributed by atoms with Crippen molar-refractivity contribution in [1.29, 1.82) is 0 Å². The highest BCUT2D eigenvalue weighted by atomic mass is 35.5. The van der Waals surface area contributed by atoms with Crippen molar-refractivity contribution in [2.24, 2.45) is 0 Å². The molecule has 15 heavy (non-hydrogen) atoms. The van der Waals surface area contributed by atoms with E-state index in [2.05, 4.69) is 31.3 Å². The van der Waals surface area contributed by atoms with Gasteiger partial charge in [-0.15, -0.1) is 0 Å². The molecule has 1 aromatic carbocycles. The Morgan fingerprint density at radius 2 is 2.27 bits per heavy atom. The van der Waals surface area contributed by atoms with Crippen molar-refractivity contribution in [3.8, 4) is 0 Å². The van der Waals surface area contributed by atoms with Gasteiger partial charge in [-0.05, 0) is 36.8 Å². The molecule has 0 bridgehead atoms. The minimum Gasteiger partial charge on any atom is -0.380 e. The van der Waals surface area contributed by atoms with Gasteiger partial charge in [-0.25, -0.2) is 0 Å². The van der Waals surface area contributed by atoms with E-state index in [-0.39, 0.29) is 0 Å². The van der Waals surface area contributed by atoms with Gasteiger partial charge in [0.1, 0.15) is 0 Å². The van der Waals surface area contributed by atoms with E-state index < -0.39 is 0 Å². The molecule has 1 heterocycles. The maximum atomic E-state index is 6.19. The summed E-state index contributed by atoms with van der Waals surface area (Å²) < 4.78 is 0. The second-order valence-corrected chi connectivity index (χ2v) is 5.99. The molecule has 2 rings (SSSR count). The van der Waals surface area contributed by atoms with E-state index in [1.807, 2.05) is 17.8 Å². The van der Waals surface area contributed by atoms with Gasteiger partial charge in [0, 0.05) is 11.3 Å². The van der Waals surface area contributed by atoms with Crippen molar-refractivity contribution < 1.29 is 0 Å². The second kappa shape index (κ2) is 4.67. The molecule has 0 amide bonds. The number of hydrogen-bond acceptors (Lipinski definition) is 2. The number of halogens is 1. The van der Waals surface area contributed by atoms with Crippen molar-refractivity contribution in [2.45, 2.75) is 31.6 Å². The predicted octanol–water partition coefficient (Wildman–Crippen LogP) is 3.95. The third kappa shape index (κ3) is 2.61. The normalized spacial score (nSPS) is 25.5. The average molecular weight is 242 g/mol. The first-order valence-electron chi connectivity index (χ1n) is 5.31. The minimum absolute atomic E-state index is 0.565. The van der Waals surface area contributed by atoms with Crippen LogP contribution < -0.4 is 5.32 Å². The zero-order valence-electron chi connectivity index (χ0n) is 9.09. The van der Waals surface area contributed by atoms with Gasteiger partial charge < -0.3 is 5.32 Å². The summed E-state index contributed by atoms with van der Waals surface area (Å²) in [5, 5.41) is 5.05. The quantitative estimate of drug-likeness (QED) is 0.842. The van der Waals surface area contributed by atoms with Crippen LogP contribution in [0.15, 0.2) is 18.2 Å². The van der Waals surface area contributed by atoms with Gasteiger partial charge in [-0.3, -0.25) is 0 Å². The third-order valence-corrected chi connectivity index (χ3v) is 4.48. The van der Waals surface area contributed by atoms with Gasteiger partial charge in [0.15, 0.2) is 0 Å². The van der Waals surface area contributed by atoms with Crippen LogP contribution >= 0.6 is 23.4 Å². The van der Waals surface area contributed by atoms with Crippen LogP contribution in [0.1, 0.15) is 18.9 Å². The molecule has 1 aromatic rings. The Hall–Kier alpha value is -0.340. The summed E-state index contributed by atoms with van der Waals surface area (Å²) in [6, 6.07) is 6.75. The molecule has 0 aliphatic carbocycles. The van der Waals surface area contributed by atoms with Crippen LogP contribution in [0.5, 0.6) is 0 Å². The van der Waals surface area contributed by atoms with E-state index in [0.29, 0.717) is 11.3 Å². The molecule has 2 unspecified atom stereocenters. The minimum atomic E-state index is 0.565. The molecular weight excluding hydrogens is 226 g/mol. The van der Waals surface area contributed by atoms with Crippen molar-refractivity contribution in [1.82, 2.24) is 0 Å². The van der Waals surface area contributed by atoms with Crippen LogP contribution in [-0.4, -0.2) is 17.0 Å². The van der Waals surface area contributed by atoms with E-state index in [0.717, 1.165) is 10.7 Å². The van der Waals surface area contributed by atoms with Crippen molar-refractivity contribution >= 4 is 29.1 Å². The highest BCUT2D eigenvalue weighted by Crippen LogP contribution is 2.31. The lowest BCUT2D eigenvalue weighted by molar-refractivity contribution is 0.724. The lowest BCUT2D eigenvalue weighted by atomic mass is 10.1. The molecule has 1 saturated heterocycles. The summed E-state index contributed by atoms with van der Waals surface area (Å²) in [5.74, 6) is 1.25. The number of aryl methyl sites for hydroxylation is 1. The summed E-state index contributed by atoms with van der Waals surface area (Å²) in [7, 11) is 0. The van der Waals surface area contributed by atoms with E-state index >= 15 is 0 Å². The SMILES string of the molecule is Cc1ccc(NC2CCSC2C)c(Cl)c1. The highest BCUT2D eigenvalue weighted by Gasteiger charge is 2.23. The summed E-state index contributed by atoms with van der Waals surface area (Å²) in [6.45, 7) is 4.33. The average Bonchev–Trinajstić information content (AvgIpc) is 2.57. The van der Waals surface area contributed by atoms with Gasteiger partial charge in [-0.2, -0.15) is 11.8 Å². The molecule has 0 radical (unpaired) electrons. The molecular formula is C12H16ClNS. The Bertz CT molecular complexity index is 353. The Morgan fingerprint density at radius 3 is 2.87 bits per heavy atom. The molecule has 3 heteroatoms. The second-order valence-electron chi connectivity index (χ2n) is 4.10. The van der Waals surface area contributed by atoms with Gasteiger partial charge >= 0.3 is 0 Å². The molecule has 1 N–H and O–H groups in total. The van der Waals surface area contributed by atoms with E-state index in [1.165, 1.54) is 17.7 Å². The van der Waals surface area contributed by atoms with Crippen LogP contribution in [0.2, 0.25) is 5.02 Å². The molecule has 0 spiro atoms. The van der Waals surface area contributed by atoms with E-state index in [9.17, 15) is 0 Å². The topological polar surface area (TPSA) is 12.0 Å². The standard InChI is InChI=1S/C12H16ClNS/c1-8-3-4-12(10(13)7-8)14-11-5-6-15-9(11)2/h3-4,7,9,11,14H,5-6H2,1-2H3. The van der Waals surface area contributed by atoms with Crippen LogP contribution in [0.4, 0.5) is 5.69 Å². The smallest absolute Gasteiger partial charge is 0.0640 e. The molecule has 2 atom stereocenters. The fourth-order valence-electron chi connectivity index (χ4n) is 1.86. The number of hydrogen-bond donors (Lipinski definition) is 1. The third-order valence-electron chi connectivity index (χ3n) is 2.84. The molecule has 0 saturated carbocycles. The first-order valence-corrected chi connectivity index (χ1v) is 6.74. The molecule has 1 aliphatic heterocycles. The zero-order chi connectivity index (χ0) is 10.8. The Balaban J connectivity index is 2.10. The maximum absolute atomic E-state index is 6.19. The number of nitrogens with one attached hydrogen (secondary N) is 1. The fourth-order valence-corrected chi connectivity index (χ4v) is 3.35. The fraction of sp³-hybridized carbons (Fsp3) is 0.500. The van der Waals surface area contributed by atoms with Crippen molar-refractivity contribution in [2.75, 3.05) is 11.1 Å². The molecule has 0 aromatic heterocycles. The summed E-state index contributed by atoms with van der Waals surface area (Å²) in [6.07, 6.45) is 1.23. The summed E-state index contributed by atoms with van der Waals surface area (Å²) in [4.78, 5) is 0. The predicted molar refractivity (Wildman–Crippen MR) is 70.1 cm³/mol. The largest absolute Gasteiger partial charge is 0.380 e. The zero-order valence-corrected chi connectivity index (χ0v) is 10.7. The van der Waals surface area contributed by atoms with E-state index in [1.54, 1.807) is 0 Å². The van der Waals surface area contributed by atoms with Gasteiger partial charge in [0.25, 0.3) is 0 Å². The van der Waals surface area contributed by atoms with Crippen molar-refractivity contribution in [3.63, 3.8) is 0 Å². The van der Waals surface area contributed by atoms with Gasteiger partial charge in [0.05, 0.1) is 10.7 Å². The Morgan fingerprint density at radius 1 is 1.47 bits per heavy atom. The van der Waals surface area contributed by atoms with Gasteiger partial charge in [0.2, 0.25) is 0 Å². The summed E-state index contributed by atoms with van der Waals surface area (Å²) in [5.41, 5.74) is 2.28. The molecule has 82 valence electrons. The monoisotopic (exact) mass is 241 g/mol. The number of rotatable bonds is 2. The van der Waals surface area contributed by atoms with E-state index in [4.69, 9.17) is 11.6 Å².